The zero-order valence-electron chi connectivity index (χ0n) is 17.5. The molecule has 10 nitrogen and oxygen atoms in total. The molecule has 4 rings (SSSR count). The number of nitrogens with zero attached hydrogens (tertiary/aromatic N) is 3. The fourth-order valence-corrected chi connectivity index (χ4v) is 4.28. The molecule has 2 atom stereocenters. The third-order valence-electron chi connectivity index (χ3n) is 5.92. The number of ether oxygens (including phenoxy) is 1. The molecule has 3 N–H and O–H groups in total. The fourth-order valence-electron chi connectivity index (χ4n) is 4.28. The minimum absolute atomic E-state index is 0.0383. The molecular weight excluding hydrogens is 414 g/mol. The molecule has 1 fully saturated rings. The predicted molar refractivity (Wildman–Crippen MR) is 114 cm³/mol. The lowest BCUT2D eigenvalue weighted by Crippen LogP contribution is -2.41. The summed E-state index contributed by atoms with van der Waals surface area (Å²) >= 11 is 0. The van der Waals surface area contributed by atoms with Crippen molar-refractivity contribution in [3.8, 4) is 11.8 Å². The van der Waals surface area contributed by atoms with Crippen LogP contribution in [0.15, 0.2) is 29.1 Å². The second kappa shape index (κ2) is 8.70. The van der Waals surface area contributed by atoms with E-state index in [0.29, 0.717) is 44.0 Å². The molecule has 1 aromatic heterocycles. The number of anilines is 2. The topological polar surface area (TPSA) is 148 Å². The lowest BCUT2D eigenvalue weighted by atomic mass is 9.79. The number of esters is 1. The van der Waals surface area contributed by atoms with Gasteiger partial charge in [-0.3, -0.25) is 19.4 Å². The molecule has 0 radical (unpaired) electrons. The van der Waals surface area contributed by atoms with E-state index >= 15 is 0 Å². The quantitative estimate of drug-likeness (QED) is 0.609. The molecule has 166 valence electrons. The van der Waals surface area contributed by atoms with E-state index in [0.717, 1.165) is 0 Å². The van der Waals surface area contributed by atoms with E-state index in [4.69, 9.17) is 4.74 Å². The van der Waals surface area contributed by atoms with Crippen LogP contribution in [0.3, 0.4) is 0 Å². The molecule has 2 aliphatic rings. The van der Waals surface area contributed by atoms with Gasteiger partial charge in [-0.25, -0.2) is 0 Å². The highest BCUT2D eigenvalue weighted by Gasteiger charge is 2.40. The van der Waals surface area contributed by atoms with Gasteiger partial charge >= 0.3 is 5.97 Å². The summed E-state index contributed by atoms with van der Waals surface area (Å²) in [5.41, 5.74) is 0.309. The molecule has 2 aromatic rings. The first-order valence-electron chi connectivity index (χ1n) is 10.5. The predicted octanol–water partition coefficient (Wildman–Crippen LogP) is 1.48. The minimum atomic E-state index is -1.11. The first kappa shape index (κ1) is 21.4. The molecule has 2 unspecified atom stereocenters. The number of nitrogens with one attached hydrogen (secondary N) is 2. The number of hydrogen-bond acceptors (Lipinski definition) is 8. The number of carbonyl (C=O) groups is 2. The van der Waals surface area contributed by atoms with Crippen LogP contribution in [0, 0.1) is 23.2 Å². The van der Waals surface area contributed by atoms with Crippen molar-refractivity contribution < 1.29 is 19.4 Å². The molecule has 0 spiro atoms. The molecule has 10 heteroatoms. The summed E-state index contributed by atoms with van der Waals surface area (Å²) in [5, 5.41) is 21.8. The van der Waals surface area contributed by atoms with Gasteiger partial charge in [0.25, 0.3) is 5.56 Å². The Bertz CT molecular complexity index is 1130. The second-order valence-corrected chi connectivity index (χ2v) is 7.83. The summed E-state index contributed by atoms with van der Waals surface area (Å²) in [6.07, 6.45) is 1.14. The molecular formula is C22H23N5O5. The number of rotatable bonds is 4. The maximum atomic E-state index is 13.1. The number of carbonyl (C=O) groups excluding carboxylic acids is 2. The van der Waals surface area contributed by atoms with Gasteiger partial charge in [-0.05, 0) is 37.5 Å². The van der Waals surface area contributed by atoms with Crippen LogP contribution >= 0.6 is 0 Å². The van der Waals surface area contributed by atoms with Crippen LogP contribution in [0.2, 0.25) is 0 Å². The molecule has 3 heterocycles. The molecule has 0 bridgehead atoms. The van der Waals surface area contributed by atoms with Gasteiger partial charge < -0.3 is 20.1 Å². The van der Waals surface area contributed by atoms with E-state index < -0.39 is 23.3 Å². The Labute approximate surface area is 183 Å². The van der Waals surface area contributed by atoms with Gasteiger partial charge in [-0.1, -0.05) is 12.1 Å². The standard InChI is InChI=1S/C22H23N5O5/c1-2-32-21(31)13-7-9-27(10-8-13)22-25-18-17(20(30)26-22)16(15(11-23)19(29)24-18)12-3-5-14(28)6-4-12/h3-6,13,15-16,28H,2,7-10H2,1H3,(H2,24,25,26,29,30). The average Bonchev–Trinajstić information content (AvgIpc) is 2.79. The number of aromatic amines is 1. The van der Waals surface area contributed by atoms with Crippen LogP contribution < -0.4 is 15.8 Å². The summed E-state index contributed by atoms with van der Waals surface area (Å²) in [6, 6.07) is 8.03. The Kier molecular flexibility index (Phi) is 5.81. The lowest BCUT2D eigenvalue weighted by molar-refractivity contribution is -0.148. The molecule has 0 saturated carbocycles. The Morgan fingerprint density at radius 2 is 1.97 bits per heavy atom. The summed E-state index contributed by atoms with van der Waals surface area (Å²) in [4.78, 5) is 46.8. The number of benzene rings is 1. The van der Waals surface area contributed by atoms with Gasteiger partial charge in [0, 0.05) is 19.0 Å². The Morgan fingerprint density at radius 1 is 1.28 bits per heavy atom. The number of aromatic hydroxyl groups is 1. The first-order valence-corrected chi connectivity index (χ1v) is 10.5. The number of H-pyrrole nitrogens is 1. The highest BCUT2D eigenvalue weighted by atomic mass is 16.5. The van der Waals surface area contributed by atoms with Crippen LogP contribution in [0.5, 0.6) is 5.75 Å². The number of hydrogen-bond donors (Lipinski definition) is 3. The fraction of sp³-hybridized carbons (Fsp3) is 0.409. The Balaban J connectivity index is 1.66. The molecule has 32 heavy (non-hydrogen) atoms. The maximum absolute atomic E-state index is 13.1. The molecule has 1 aromatic carbocycles. The Morgan fingerprint density at radius 3 is 2.59 bits per heavy atom. The number of piperidine rings is 1. The van der Waals surface area contributed by atoms with Crippen LogP contribution in [-0.4, -0.2) is 46.6 Å². The highest BCUT2D eigenvalue weighted by Crippen LogP contribution is 2.38. The summed E-state index contributed by atoms with van der Waals surface area (Å²) in [5.74, 6) is -2.41. The highest BCUT2D eigenvalue weighted by molar-refractivity contribution is 5.98. The van der Waals surface area contributed by atoms with E-state index in [2.05, 4.69) is 15.3 Å². The van der Waals surface area contributed by atoms with E-state index in [1.165, 1.54) is 12.1 Å². The van der Waals surface area contributed by atoms with Crippen molar-refractivity contribution in [2.75, 3.05) is 29.9 Å². The molecule has 1 saturated heterocycles. The zero-order valence-corrected chi connectivity index (χ0v) is 17.5. The summed E-state index contributed by atoms with van der Waals surface area (Å²) in [6.45, 7) is 3.11. The number of amides is 1. The normalized spacial score (nSPS) is 20.8. The van der Waals surface area contributed by atoms with E-state index in [1.54, 1.807) is 19.1 Å². The van der Waals surface area contributed by atoms with Gasteiger partial charge in [0.1, 0.15) is 17.5 Å². The van der Waals surface area contributed by atoms with Crippen LogP contribution in [0.25, 0.3) is 0 Å². The zero-order chi connectivity index (χ0) is 22.8. The third kappa shape index (κ3) is 3.89. The van der Waals surface area contributed by atoms with Gasteiger partial charge in [0.2, 0.25) is 11.9 Å². The van der Waals surface area contributed by atoms with Crippen molar-refractivity contribution in [3.63, 3.8) is 0 Å². The van der Waals surface area contributed by atoms with Crippen molar-refractivity contribution in [3.05, 3.63) is 45.7 Å². The molecule has 2 aliphatic heterocycles. The van der Waals surface area contributed by atoms with Crippen LogP contribution in [0.4, 0.5) is 11.8 Å². The maximum Gasteiger partial charge on any atom is 0.309 e. The minimum Gasteiger partial charge on any atom is -0.508 e. The van der Waals surface area contributed by atoms with Crippen molar-refractivity contribution in [1.29, 1.82) is 5.26 Å². The van der Waals surface area contributed by atoms with Crippen molar-refractivity contribution in [2.24, 2.45) is 11.8 Å². The van der Waals surface area contributed by atoms with E-state index in [1.807, 2.05) is 11.0 Å². The van der Waals surface area contributed by atoms with Crippen molar-refractivity contribution >= 4 is 23.6 Å². The van der Waals surface area contributed by atoms with Crippen LogP contribution in [-0.2, 0) is 14.3 Å². The van der Waals surface area contributed by atoms with Crippen molar-refractivity contribution in [2.45, 2.75) is 25.7 Å². The summed E-state index contributed by atoms with van der Waals surface area (Å²) < 4.78 is 5.09. The van der Waals surface area contributed by atoms with Gasteiger partial charge in [-0.15, -0.1) is 0 Å². The molecule has 1 amide bonds. The van der Waals surface area contributed by atoms with Gasteiger partial charge in [0.15, 0.2) is 0 Å². The third-order valence-corrected chi connectivity index (χ3v) is 5.92. The summed E-state index contributed by atoms with van der Waals surface area (Å²) in [7, 11) is 0. The monoisotopic (exact) mass is 437 g/mol. The number of phenolic OH excluding ortho intramolecular Hbond substituents is 1. The second-order valence-electron chi connectivity index (χ2n) is 7.83. The Hall–Kier alpha value is -3.87. The smallest absolute Gasteiger partial charge is 0.309 e. The first-order chi connectivity index (χ1) is 15.4. The van der Waals surface area contributed by atoms with Gasteiger partial charge in [-0.2, -0.15) is 10.2 Å². The lowest BCUT2D eigenvalue weighted by Gasteiger charge is -2.33. The largest absolute Gasteiger partial charge is 0.508 e. The molecule has 0 aliphatic carbocycles. The SMILES string of the molecule is CCOC(=O)C1CCN(c2nc3c(c(=O)[nH]2)C(c2ccc(O)cc2)C(C#N)C(=O)N3)CC1. The van der Waals surface area contributed by atoms with E-state index in [-0.39, 0.29) is 29.0 Å². The number of fused-ring (bicyclic) bond motifs is 1. The number of aromatic nitrogens is 2. The average molecular weight is 437 g/mol. The number of phenols is 1. The number of nitriles is 1. The van der Waals surface area contributed by atoms with Gasteiger partial charge in [0.05, 0.1) is 24.2 Å². The van der Waals surface area contributed by atoms with Crippen molar-refractivity contribution in [1.82, 2.24) is 9.97 Å². The van der Waals surface area contributed by atoms with Crippen LogP contribution in [0.1, 0.15) is 36.8 Å². The van der Waals surface area contributed by atoms with E-state index in [9.17, 15) is 24.8 Å².